The van der Waals surface area contributed by atoms with Gasteiger partial charge >= 0.3 is 5.97 Å². The predicted molar refractivity (Wildman–Crippen MR) is 130 cm³/mol. The molecule has 0 bridgehead atoms. The first-order valence-corrected chi connectivity index (χ1v) is 13.1. The number of nitrogens with zero attached hydrogens (tertiary/aromatic N) is 1. The lowest BCUT2D eigenvalue weighted by Gasteiger charge is -2.31. The van der Waals surface area contributed by atoms with Crippen molar-refractivity contribution in [3.8, 4) is 0 Å². The van der Waals surface area contributed by atoms with Crippen LogP contribution in [0.2, 0.25) is 0 Å². The molecule has 0 spiro atoms. The number of carbonyl (C=O) groups excluding carboxylic acids is 3. The molecular weight excluding hydrogens is 436 g/mol. The Morgan fingerprint density at radius 1 is 1.09 bits per heavy atom. The summed E-state index contributed by atoms with van der Waals surface area (Å²) in [5.74, 6) is -1.73. The summed E-state index contributed by atoms with van der Waals surface area (Å²) in [4.78, 5) is 51.5. The van der Waals surface area contributed by atoms with Crippen LogP contribution in [-0.2, 0) is 19.2 Å². The van der Waals surface area contributed by atoms with Gasteiger partial charge in [0.25, 0.3) is 0 Å². The second-order valence-electron chi connectivity index (χ2n) is 9.85. The van der Waals surface area contributed by atoms with Crippen LogP contribution < -0.4 is 16.4 Å². The highest BCUT2D eigenvalue weighted by molar-refractivity contribution is 5.94. The first kappa shape index (κ1) is 28.2. The number of carbonyl (C=O) groups is 4. The van der Waals surface area contributed by atoms with Gasteiger partial charge in [0.15, 0.2) is 5.78 Å². The van der Waals surface area contributed by atoms with E-state index in [9.17, 15) is 24.3 Å². The Bertz CT molecular complexity index is 674. The number of nitrogens with two attached hydrogens (primary N) is 1. The third-order valence-electron chi connectivity index (χ3n) is 7.43. The van der Waals surface area contributed by atoms with Gasteiger partial charge in [-0.15, -0.1) is 0 Å². The third-order valence-corrected chi connectivity index (χ3v) is 7.43. The number of hydrogen-bond acceptors (Lipinski definition) is 6. The highest BCUT2D eigenvalue weighted by Crippen LogP contribution is 2.31. The van der Waals surface area contributed by atoms with E-state index in [-0.39, 0.29) is 30.7 Å². The van der Waals surface area contributed by atoms with Crippen molar-refractivity contribution >= 4 is 23.6 Å². The van der Waals surface area contributed by atoms with E-state index in [4.69, 9.17) is 5.73 Å². The van der Waals surface area contributed by atoms with Gasteiger partial charge in [-0.25, -0.2) is 0 Å². The standard InChI is InChI=1S/C25H44N4O5/c1-2-29(23(31)10-6-7-18-11-13-27-14-12-18)17-22(30)28-21(15-24(32)33)25(34)20(16-26)19-8-4-3-5-9-19/h18-21,27H,2-17,26H2,1H3,(H,28,30)(H,32,33)/t20?,21-/m0/s1. The molecule has 0 radical (unpaired) electrons. The topological polar surface area (TPSA) is 142 Å². The maximum absolute atomic E-state index is 13.2. The second kappa shape index (κ2) is 15.1. The third kappa shape index (κ3) is 9.33. The van der Waals surface area contributed by atoms with Crippen molar-refractivity contribution in [2.75, 3.05) is 32.7 Å². The minimum atomic E-state index is -1.15. The van der Waals surface area contributed by atoms with Gasteiger partial charge in [-0.1, -0.05) is 19.3 Å². The van der Waals surface area contributed by atoms with E-state index < -0.39 is 30.3 Å². The summed E-state index contributed by atoms with van der Waals surface area (Å²) in [6, 6.07) is -1.13. The van der Waals surface area contributed by atoms with Gasteiger partial charge in [0.1, 0.15) is 0 Å². The molecule has 2 amide bonds. The van der Waals surface area contributed by atoms with Gasteiger partial charge in [-0.3, -0.25) is 19.2 Å². The van der Waals surface area contributed by atoms with Crippen LogP contribution in [-0.4, -0.2) is 72.3 Å². The number of Topliss-reactive ketones (excluding diaryl/α,β-unsaturated/α-hetero) is 1. The molecule has 9 nitrogen and oxygen atoms in total. The molecule has 34 heavy (non-hydrogen) atoms. The van der Waals surface area contributed by atoms with Gasteiger partial charge in [0.2, 0.25) is 11.8 Å². The molecule has 0 aromatic carbocycles. The summed E-state index contributed by atoms with van der Waals surface area (Å²) in [7, 11) is 0. The van der Waals surface area contributed by atoms with E-state index in [2.05, 4.69) is 10.6 Å². The highest BCUT2D eigenvalue weighted by Gasteiger charge is 2.35. The van der Waals surface area contributed by atoms with Crippen molar-refractivity contribution in [3.05, 3.63) is 0 Å². The van der Waals surface area contributed by atoms with E-state index in [1.54, 1.807) is 0 Å². The number of likely N-dealkylation sites (N-methyl/N-ethyl adjacent to an activating group) is 1. The molecule has 2 atom stereocenters. The number of ketones is 1. The molecule has 1 heterocycles. The number of aliphatic carboxylic acids is 1. The quantitative estimate of drug-likeness (QED) is 0.296. The summed E-state index contributed by atoms with van der Waals surface area (Å²) in [5.41, 5.74) is 5.91. The number of carboxylic acid groups (broad SMARTS) is 1. The molecule has 2 fully saturated rings. The van der Waals surface area contributed by atoms with E-state index in [0.29, 0.717) is 18.9 Å². The second-order valence-corrected chi connectivity index (χ2v) is 9.85. The van der Waals surface area contributed by atoms with Crippen molar-refractivity contribution in [3.63, 3.8) is 0 Å². The molecule has 2 rings (SSSR count). The molecular formula is C25H44N4O5. The normalized spacial score (nSPS) is 19.2. The van der Waals surface area contributed by atoms with Gasteiger partial charge in [-0.2, -0.15) is 0 Å². The number of piperidine rings is 1. The fourth-order valence-corrected chi connectivity index (χ4v) is 5.39. The lowest BCUT2D eigenvalue weighted by atomic mass is 9.76. The van der Waals surface area contributed by atoms with Crippen LogP contribution in [0.3, 0.4) is 0 Å². The molecule has 0 aromatic rings. The monoisotopic (exact) mass is 480 g/mol. The zero-order valence-corrected chi connectivity index (χ0v) is 20.7. The van der Waals surface area contributed by atoms with E-state index in [0.717, 1.165) is 70.9 Å². The van der Waals surface area contributed by atoms with Crippen LogP contribution in [0.15, 0.2) is 0 Å². The van der Waals surface area contributed by atoms with E-state index in [1.807, 2.05) is 6.92 Å². The Balaban J connectivity index is 1.89. The fourth-order valence-electron chi connectivity index (χ4n) is 5.39. The maximum Gasteiger partial charge on any atom is 0.305 e. The molecule has 1 aliphatic heterocycles. The first-order valence-electron chi connectivity index (χ1n) is 13.1. The molecule has 1 saturated carbocycles. The average molecular weight is 481 g/mol. The Morgan fingerprint density at radius 2 is 1.76 bits per heavy atom. The van der Waals surface area contributed by atoms with E-state index >= 15 is 0 Å². The van der Waals surface area contributed by atoms with Crippen molar-refractivity contribution in [2.24, 2.45) is 23.5 Å². The van der Waals surface area contributed by atoms with Crippen LogP contribution >= 0.6 is 0 Å². The maximum atomic E-state index is 13.2. The van der Waals surface area contributed by atoms with Gasteiger partial charge in [0, 0.05) is 25.4 Å². The lowest BCUT2D eigenvalue weighted by Crippen LogP contribution is -2.51. The average Bonchev–Trinajstić information content (AvgIpc) is 2.83. The Hall–Kier alpha value is -2.00. The highest BCUT2D eigenvalue weighted by atomic mass is 16.4. The Labute approximate surface area is 203 Å². The summed E-state index contributed by atoms with van der Waals surface area (Å²) in [6.45, 7) is 4.22. The molecule has 1 unspecified atom stereocenters. The smallest absolute Gasteiger partial charge is 0.305 e. The van der Waals surface area contributed by atoms with Gasteiger partial charge in [0.05, 0.1) is 19.0 Å². The Morgan fingerprint density at radius 3 is 2.35 bits per heavy atom. The zero-order valence-electron chi connectivity index (χ0n) is 20.7. The first-order chi connectivity index (χ1) is 16.3. The fraction of sp³-hybridized carbons (Fsp3) is 0.840. The van der Waals surface area contributed by atoms with Crippen molar-refractivity contribution in [1.29, 1.82) is 0 Å². The number of hydrogen-bond donors (Lipinski definition) is 4. The summed E-state index contributed by atoms with van der Waals surface area (Å²) in [5, 5.41) is 15.3. The predicted octanol–water partition coefficient (Wildman–Crippen LogP) is 1.69. The lowest BCUT2D eigenvalue weighted by molar-refractivity contribution is -0.142. The largest absolute Gasteiger partial charge is 0.481 e. The number of rotatable bonds is 14. The molecule has 2 aliphatic rings. The van der Waals surface area contributed by atoms with Gasteiger partial charge < -0.3 is 26.4 Å². The van der Waals surface area contributed by atoms with E-state index in [1.165, 1.54) is 4.90 Å². The summed E-state index contributed by atoms with van der Waals surface area (Å²) < 4.78 is 0. The Kier molecular flexibility index (Phi) is 12.5. The zero-order chi connectivity index (χ0) is 24.9. The summed E-state index contributed by atoms with van der Waals surface area (Å²) in [6.07, 6.45) is 8.99. The molecule has 5 N–H and O–H groups in total. The SMILES string of the molecule is CCN(CC(=O)N[C@@H](CC(=O)O)C(=O)C(CN)C1CCCCC1)C(=O)CCCC1CCNCC1. The number of amides is 2. The summed E-state index contributed by atoms with van der Waals surface area (Å²) >= 11 is 0. The van der Waals surface area contributed by atoms with Crippen LogP contribution in [0, 0.1) is 17.8 Å². The molecule has 194 valence electrons. The molecule has 1 aliphatic carbocycles. The van der Waals surface area contributed by atoms with Crippen LogP contribution in [0.25, 0.3) is 0 Å². The van der Waals surface area contributed by atoms with Gasteiger partial charge in [-0.05, 0) is 70.4 Å². The van der Waals surface area contributed by atoms with Crippen LogP contribution in [0.1, 0.15) is 77.6 Å². The number of nitrogens with one attached hydrogen (secondary N) is 2. The minimum absolute atomic E-state index is 0.0882. The molecule has 9 heteroatoms. The van der Waals surface area contributed by atoms with Crippen molar-refractivity contribution < 1.29 is 24.3 Å². The van der Waals surface area contributed by atoms with Crippen LogP contribution in [0.5, 0.6) is 0 Å². The van der Waals surface area contributed by atoms with Crippen molar-refractivity contribution in [1.82, 2.24) is 15.5 Å². The number of carboxylic acids is 1. The van der Waals surface area contributed by atoms with Crippen LogP contribution in [0.4, 0.5) is 0 Å². The minimum Gasteiger partial charge on any atom is -0.481 e. The molecule has 1 saturated heterocycles. The van der Waals surface area contributed by atoms with Crippen molar-refractivity contribution in [2.45, 2.75) is 83.6 Å². The molecule has 0 aromatic heterocycles.